The second kappa shape index (κ2) is 5.61. The number of aromatic nitrogens is 1. The normalized spacial score (nSPS) is 27.8. The standard InChI is InChI=1S/C16H21N3O3/c20-15(14-3-1-2-4-17-14)19-11-16(12-19)9-13(10-22-16)18-5-7-21-8-6-18/h1-4,13H,5-12H2. The number of hydrogen-bond acceptors (Lipinski definition) is 5. The first-order valence-electron chi connectivity index (χ1n) is 7.92. The molecule has 1 aromatic heterocycles. The molecule has 4 heterocycles. The van der Waals surface area contributed by atoms with Gasteiger partial charge in [0.25, 0.3) is 5.91 Å². The Bertz CT molecular complexity index is 539. The topological polar surface area (TPSA) is 54.9 Å². The van der Waals surface area contributed by atoms with Crippen molar-refractivity contribution in [3.05, 3.63) is 30.1 Å². The molecule has 3 aliphatic rings. The van der Waals surface area contributed by atoms with Crippen LogP contribution in [0.3, 0.4) is 0 Å². The van der Waals surface area contributed by atoms with Crippen molar-refractivity contribution in [3.63, 3.8) is 0 Å². The fourth-order valence-corrected chi connectivity index (χ4v) is 3.66. The Morgan fingerprint density at radius 1 is 1.27 bits per heavy atom. The highest BCUT2D eigenvalue weighted by Gasteiger charge is 2.52. The molecule has 22 heavy (non-hydrogen) atoms. The van der Waals surface area contributed by atoms with Crippen molar-refractivity contribution >= 4 is 5.91 Å². The Kier molecular flexibility index (Phi) is 3.60. The number of rotatable bonds is 2. The predicted molar refractivity (Wildman–Crippen MR) is 79.6 cm³/mol. The fourth-order valence-electron chi connectivity index (χ4n) is 3.66. The van der Waals surface area contributed by atoms with Crippen LogP contribution in [-0.4, -0.2) is 78.3 Å². The Hall–Kier alpha value is -1.50. The van der Waals surface area contributed by atoms with E-state index in [0.717, 1.165) is 39.3 Å². The van der Waals surface area contributed by atoms with E-state index in [1.54, 1.807) is 12.3 Å². The van der Waals surface area contributed by atoms with E-state index in [2.05, 4.69) is 9.88 Å². The van der Waals surface area contributed by atoms with E-state index in [1.807, 2.05) is 17.0 Å². The first kappa shape index (κ1) is 14.1. The van der Waals surface area contributed by atoms with Crippen molar-refractivity contribution < 1.29 is 14.3 Å². The van der Waals surface area contributed by atoms with Gasteiger partial charge in [0, 0.05) is 25.3 Å². The molecule has 0 N–H and O–H groups in total. The van der Waals surface area contributed by atoms with Crippen LogP contribution in [0.2, 0.25) is 0 Å². The molecule has 1 aromatic rings. The molecule has 3 saturated heterocycles. The lowest BCUT2D eigenvalue weighted by Crippen LogP contribution is -2.63. The zero-order valence-electron chi connectivity index (χ0n) is 12.6. The maximum absolute atomic E-state index is 12.3. The fraction of sp³-hybridized carbons (Fsp3) is 0.625. The molecular weight excluding hydrogens is 282 g/mol. The predicted octanol–water partition coefficient (Wildman–Crippen LogP) is 0.397. The lowest BCUT2D eigenvalue weighted by Gasteiger charge is -2.47. The number of ether oxygens (including phenoxy) is 2. The van der Waals surface area contributed by atoms with E-state index in [1.165, 1.54) is 0 Å². The summed E-state index contributed by atoms with van der Waals surface area (Å²) in [4.78, 5) is 20.8. The van der Waals surface area contributed by atoms with Gasteiger partial charge in [-0.3, -0.25) is 14.7 Å². The number of carbonyl (C=O) groups is 1. The minimum absolute atomic E-state index is 0.00430. The highest BCUT2D eigenvalue weighted by molar-refractivity contribution is 5.93. The van der Waals surface area contributed by atoms with Crippen LogP contribution >= 0.6 is 0 Å². The number of pyridine rings is 1. The molecule has 0 aromatic carbocycles. The SMILES string of the molecule is O=C(c1ccccn1)N1CC2(CC(N3CCOCC3)CO2)C1. The smallest absolute Gasteiger partial charge is 0.272 e. The van der Waals surface area contributed by atoms with E-state index in [-0.39, 0.29) is 11.5 Å². The monoisotopic (exact) mass is 303 g/mol. The van der Waals surface area contributed by atoms with Gasteiger partial charge < -0.3 is 14.4 Å². The van der Waals surface area contributed by atoms with Crippen molar-refractivity contribution in [1.29, 1.82) is 0 Å². The van der Waals surface area contributed by atoms with Crippen LogP contribution in [0, 0.1) is 0 Å². The van der Waals surface area contributed by atoms with Gasteiger partial charge in [-0.1, -0.05) is 6.07 Å². The quantitative estimate of drug-likeness (QED) is 0.791. The van der Waals surface area contributed by atoms with Crippen molar-refractivity contribution in [1.82, 2.24) is 14.8 Å². The van der Waals surface area contributed by atoms with Gasteiger partial charge in [-0.2, -0.15) is 0 Å². The van der Waals surface area contributed by atoms with Gasteiger partial charge >= 0.3 is 0 Å². The molecule has 6 nitrogen and oxygen atoms in total. The van der Waals surface area contributed by atoms with Gasteiger partial charge in [-0.15, -0.1) is 0 Å². The Balaban J connectivity index is 1.34. The third-order valence-corrected chi connectivity index (χ3v) is 4.88. The van der Waals surface area contributed by atoms with Gasteiger partial charge in [0.15, 0.2) is 0 Å². The molecule has 0 aliphatic carbocycles. The van der Waals surface area contributed by atoms with Crippen LogP contribution in [0.1, 0.15) is 16.9 Å². The molecule has 118 valence electrons. The maximum atomic E-state index is 12.3. The van der Waals surface area contributed by atoms with Crippen LogP contribution in [0.15, 0.2) is 24.4 Å². The molecule has 6 heteroatoms. The number of carbonyl (C=O) groups excluding carboxylic acids is 1. The number of amides is 1. The summed E-state index contributed by atoms with van der Waals surface area (Å²) in [6, 6.07) is 5.90. The minimum Gasteiger partial charge on any atom is -0.379 e. The molecule has 1 atom stereocenters. The summed E-state index contributed by atoms with van der Waals surface area (Å²) in [5.74, 6) is 0.00430. The first-order valence-corrected chi connectivity index (χ1v) is 7.92. The second-order valence-corrected chi connectivity index (χ2v) is 6.38. The Morgan fingerprint density at radius 3 is 2.82 bits per heavy atom. The third-order valence-electron chi connectivity index (χ3n) is 4.88. The summed E-state index contributed by atoms with van der Waals surface area (Å²) in [5.41, 5.74) is 0.382. The average Bonchev–Trinajstić information content (AvgIpc) is 3.00. The summed E-state index contributed by atoms with van der Waals surface area (Å²) in [6.45, 7) is 5.74. The second-order valence-electron chi connectivity index (χ2n) is 6.38. The van der Waals surface area contributed by atoms with Crippen molar-refractivity contribution in [2.45, 2.75) is 18.1 Å². The van der Waals surface area contributed by atoms with E-state index in [0.29, 0.717) is 24.8 Å². The number of likely N-dealkylation sites (tertiary alicyclic amines) is 1. The number of hydrogen-bond donors (Lipinski definition) is 0. The van der Waals surface area contributed by atoms with Crippen molar-refractivity contribution in [2.24, 2.45) is 0 Å². The van der Waals surface area contributed by atoms with Gasteiger partial charge in [-0.25, -0.2) is 0 Å². The molecule has 1 amide bonds. The minimum atomic E-state index is -0.132. The van der Waals surface area contributed by atoms with E-state index in [9.17, 15) is 4.79 Å². The van der Waals surface area contributed by atoms with Crippen LogP contribution < -0.4 is 0 Å². The van der Waals surface area contributed by atoms with Crippen LogP contribution in [0.4, 0.5) is 0 Å². The highest BCUT2D eigenvalue weighted by atomic mass is 16.5. The molecule has 0 saturated carbocycles. The molecule has 1 spiro atoms. The Labute approximate surface area is 130 Å². The number of nitrogens with zero attached hydrogens (tertiary/aromatic N) is 3. The highest BCUT2D eigenvalue weighted by Crippen LogP contribution is 2.37. The first-order chi connectivity index (χ1) is 10.8. The van der Waals surface area contributed by atoms with Crippen molar-refractivity contribution in [3.8, 4) is 0 Å². The molecule has 3 fully saturated rings. The molecule has 3 aliphatic heterocycles. The summed E-state index contributed by atoms with van der Waals surface area (Å²) in [5, 5.41) is 0. The summed E-state index contributed by atoms with van der Waals surface area (Å²) in [7, 11) is 0. The largest absolute Gasteiger partial charge is 0.379 e. The molecular formula is C16H21N3O3. The molecule has 0 bridgehead atoms. The zero-order chi connectivity index (χ0) is 15.0. The maximum Gasteiger partial charge on any atom is 0.272 e. The van der Waals surface area contributed by atoms with Gasteiger partial charge in [0.05, 0.1) is 32.9 Å². The van der Waals surface area contributed by atoms with Crippen molar-refractivity contribution in [2.75, 3.05) is 46.0 Å². The van der Waals surface area contributed by atoms with Crippen LogP contribution in [0.25, 0.3) is 0 Å². The lowest BCUT2D eigenvalue weighted by molar-refractivity contribution is -0.0952. The Morgan fingerprint density at radius 2 is 2.09 bits per heavy atom. The number of morpholine rings is 1. The van der Waals surface area contributed by atoms with E-state index < -0.39 is 0 Å². The van der Waals surface area contributed by atoms with E-state index >= 15 is 0 Å². The summed E-state index contributed by atoms with van der Waals surface area (Å²) >= 11 is 0. The lowest BCUT2D eigenvalue weighted by atomic mass is 9.88. The zero-order valence-corrected chi connectivity index (χ0v) is 12.6. The summed E-state index contributed by atoms with van der Waals surface area (Å²) in [6.07, 6.45) is 2.67. The summed E-state index contributed by atoms with van der Waals surface area (Å²) < 4.78 is 11.5. The van der Waals surface area contributed by atoms with Crippen LogP contribution in [0.5, 0.6) is 0 Å². The molecule has 0 radical (unpaired) electrons. The molecule has 1 unspecified atom stereocenters. The third kappa shape index (κ3) is 2.51. The van der Waals surface area contributed by atoms with Gasteiger partial charge in [0.1, 0.15) is 11.3 Å². The average molecular weight is 303 g/mol. The van der Waals surface area contributed by atoms with E-state index in [4.69, 9.17) is 9.47 Å². The van der Waals surface area contributed by atoms with Gasteiger partial charge in [-0.05, 0) is 18.6 Å². The van der Waals surface area contributed by atoms with Gasteiger partial charge in [0.2, 0.25) is 0 Å². The molecule has 4 rings (SSSR count). The van der Waals surface area contributed by atoms with Crippen LogP contribution in [-0.2, 0) is 9.47 Å².